The second-order valence-electron chi connectivity index (χ2n) is 2.66. The van der Waals surface area contributed by atoms with Crippen LogP contribution in [0.5, 0.6) is 0 Å². The summed E-state index contributed by atoms with van der Waals surface area (Å²) in [6.45, 7) is 1.53. The molecule has 74 valence electrons. The molecular formula is C11H12ClNS. The first-order valence-corrected chi connectivity index (χ1v) is 5.72. The molecule has 1 rings (SSSR count). The highest BCUT2D eigenvalue weighted by Gasteiger charge is 1.97. The summed E-state index contributed by atoms with van der Waals surface area (Å²) in [4.78, 5) is 1.12. The molecule has 0 saturated heterocycles. The summed E-state index contributed by atoms with van der Waals surface area (Å²) < 4.78 is 0. The van der Waals surface area contributed by atoms with Crippen LogP contribution in [0.4, 0.5) is 0 Å². The summed E-state index contributed by atoms with van der Waals surface area (Å²) in [6, 6.07) is 7.85. The van der Waals surface area contributed by atoms with E-state index in [-0.39, 0.29) is 0 Å². The molecule has 0 heterocycles. The molecule has 0 saturated carbocycles. The van der Waals surface area contributed by atoms with Gasteiger partial charge in [0.25, 0.3) is 0 Å². The molecular weight excluding hydrogens is 214 g/mol. The zero-order valence-electron chi connectivity index (χ0n) is 7.79. The van der Waals surface area contributed by atoms with Crippen molar-refractivity contribution in [3.63, 3.8) is 0 Å². The van der Waals surface area contributed by atoms with Gasteiger partial charge in [0.1, 0.15) is 0 Å². The molecule has 1 aromatic carbocycles. The van der Waals surface area contributed by atoms with Crippen molar-refractivity contribution in [1.82, 2.24) is 5.32 Å². The molecule has 0 fully saturated rings. The van der Waals surface area contributed by atoms with Gasteiger partial charge in [-0.25, -0.2) is 0 Å². The van der Waals surface area contributed by atoms with Gasteiger partial charge in [0, 0.05) is 17.2 Å². The predicted octanol–water partition coefficient (Wildman–Crippen LogP) is 2.65. The zero-order valence-corrected chi connectivity index (χ0v) is 9.37. The molecule has 3 heteroatoms. The minimum Gasteiger partial charge on any atom is -0.305 e. The van der Waals surface area contributed by atoms with Gasteiger partial charge in [-0.15, -0.1) is 18.2 Å². The van der Waals surface area contributed by atoms with Crippen molar-refractivity contribution in [1.29, 1.82) is 0 Å². The van der Waals surface area contributed by atoms with Gasteiger partial charge >= 0.3 is 0 Å². The Morgan fingerprint density at radius 1 is 1.43 bits per heavy atom. The van der Waals surface area contributed by atoms with Crippen LogP contribution in [0.15, 0.2) is 29.2 Å². The fourth-order valence-corrected chi connectivity index (χ4v) is 2.10. The largest absolute Gasteiger partial charge is 0.305 e. The predicted molar refractivity (Wildman–Crippen MR) is 63.9 cm³/mol. The Morgan fingerprint density at radius 3 is 2.93 bits per heavy atom. The molecule has 0 aliphatic heterocycles. The van der Waals surface area contributed by atoms with Crippen molar-refractivity contribution in [3.8, 4) is 12.3 Å². The minimum atomic E-state index is 0.628. The fourth-order valence-electron chi connectivity index (χ4n) is 0.956. The van der Waals surface area contributed by atoms with Crippen LogP contribution in [-0.2, 0) is 0 Å². The molecule has 0 aliphatic rings. The summed E-state index contributed by atoms with van der Waals surface area (Å²) in [5.74, 6) is 3.51. The van der Waals surface area contributed by atoms with E-state index in [1.165, 1.54) is 0 Å². The van der Waals surface area contributed by atoms with E-state index in [1.54, 1.807) is 11.8 Å². The first-order valence-electron chi connectivity index (χ1n) is 4.36. The van der Waals surface area contributed by atoms with Gasteiger partial charge in [0.05, 0.1) is 11.6 Å². The molecule has 0 amide bonds. The third kappa shape index (κ3) is 4.06. The molecule has 14 heavy (non-hydrogen) atoms. The Labute approximate surface area is 94.2 Å². The average molecular weight is 226 g/mol. The van der Waals surface area contributed by atoms with Crippen molar-refractivity contribution < 1.29 is 0 Å². The SMILES string of the molecule is C#CCNCCSc1ccccc1Cl. The van der Waals surface area contributed by atoms with Crippen LogP contribution >= 0.6 is 23.4 Å². The molecule has 0 spiro atoms. The fraction of sp³-hybridized carbons (Fsp3) is 0.273. The summed E-state index contributed by atoms with van der Waals surface area (Å²) in [5.41, 5.74) is 0. The van der Waals surface area contributed by atoms with Crippen molar-refractivity contribution >= 4 is 23.4 Å². The van der Waals surface area contributed by atoms with Gasteiger partial charge in [-0.2, -0.15) is 0 Å². The number of thioether (sulfide) groups is 1. The highest BCUT2D eigenvalue weighted by molar-refractivity contribution is 7.99. The van der Waals surface area contributed by atoms with Gasteiger partial charge < -0.3 is 5.32 Å². The third-order valence-electron chi connectivity index (χ3n) is 1.60. The molecule has 1 N–H and O–H groups in total. The maximum atomic E-state index is 5.99. The van der Waals surface area contributed by atoms with Crippen molar-refractivity contribution in [2.45, 2.75) is 4.90 Å². The topological polar surface area (TPSA) is 12.0 Å². The van der Waals surface area contributed by atoms with Crippen LogP contribution in [0.2, 0.25) is 5.02 Å². The lowest BCUT2D eigenvalue weighted by molar-refractivity contribution is 0.818. The summed E-state index contributed by atoms with van der Waals surface area (Å²) in [5, 5.41) is 3.94. The van der Waals surface area contributed by atoms with Crippen LogP contribution in [0.25, 0.3) is 0 Å². The molecule has 0 atom stereocenters. The van der Waals surface area contributed by atoms with Crippen LogP contribution in [0.1, 0.15) is 0 Å². The van der Waals surface area contributed by atoms with Gasteiger partial charge in [-0.3, -0.25) is 0 Å². The molecule has 0 unspecified atom stereocenters. The normalized spacial score (nSPS) is 9.71. The van der Waals surface area contributed by atoms with Crippen LogP contribution in [0.3, 0.4) is 0 Å². The lowest BCUT2D eigenvalue weighted by Crippen LogP contribution is -2.16. The number of terminal acetylenes is 1. The molecule has 0 aliphatic carbocycles. The second-order valence-corrected chi connectivity index (χ2v) is 4.20. The number of hydrogen-bond acceptors (Lipinski definition) is 2. The smallest absolute Gasteiger partial charge is 0.0574 e. The van der Waals surface area contributed by atoms with E-state index in [4.69, 9.17) is 18.0 Å². The van der Waals surface area contributed by atoms with Crippen LogP contribution < -0.4 is 5.32 Å². The maximum absolute atomic E-state index is 5.99. The Balaban J connectivity index is 2.25. The van der Waals surface area contributed by atoms with Gasteiger partial charge in [-0.1, -0.05) is 29.7 Å². The van der Waals surface area contributed by atoms with E-state index in [0.29, 0.717) is 6.54 Å². The first kappa shape index (κ1) is 11.5. The van der Waals surface area contributed by atoms with E-state index in [1.807, 2.05) is 24.3 Å². The molecule has 0 aromatic heterocycles. The Kier molecular flexibility index (Phi) is 5.55. The number of rotatable bonds is 5. The molecule has 1 nitrogen and oxygen atoms in total. The molecule has 1 aromatic rings. The van der Waals surface area contributed by atoms with Crippen LogP contribution in [-0.4, -0.2) is 18.8 Å². The van der Waals surface area contributed by atoms with Crippen LogP contribution in [0, 0.1) is 12.3 Å². The maximum Gasteiger partial charge on any atom is 0.0574 e. The molecule has 0 bridgehead atoms. The monoisotopic (exact) mass is 225 g/mol. The van der Waals surface area contributed by atoms with Crippen molar-refractivity contribution in [2.24, 2.45) is 0 Å². The highest BCUT2D eigenvalue weighted by atomic mass is 35.5. The summed E-state index contributed by atoms with van der Waals surface area (Å²) in [6.07, 6.45) is 5.11. The van der Waals surface area contributed by atoms with E-state index in [2.05, 4.69) is 11.2 Å². The Bertz CT molecular complexity index is 319. The number of benzene rings is 1. The van der Waals surface area contributed by atoms with Gasteiger partial charge in [0.2, 0.25) is 0 Å². The first-order chi connectivity index (χ1) is 6.84. The van der Waals surface area contributed by atoms with E-state index in [0.717, 1.165) is 22.2 Å². The van der Waals surface area contributed by atoms with E-state index >= 15 is 0 Å². The number of nitrogens with one attached hydrogen (secondary N) is 1. The third-order valence-corrected chi connectivity index (χ3v) is 3.12. The van der Waals surface area contributed by atoms with Gasteiger partial charge in [0.15, 0.2) is 0 Å². The lowest BCUT2D eigenvalue weighted by atomic mass is 10.4. The Morgan fingerprint density at radius 2 is 2.21 bits per heavy atom. The lowest BCUT2D eigenvalue weighted by Gasteiger charge is -2.03. The Hall–Kier alpha value is -0.620. The van der Waals surface area contributed by atoms with E-state index in [9.17, 15) is 0 Å². The second kappa shape index (κ2) is 6.78. The number of halogens is 1. The minimum absolute atomic E-state index is 0.628. The summed E-state index contributed by atoms with van der Waals surface area (Å²) >= 11 is 7.73. The van der Waals surface area contributed by atoms with Crippen molar-refractivity contribution in [3.05, 3.63) is 29.3 Å². The quantitative estimate of drug-likeness (QED) is 0.470. The standard InChI is InChI=1S/C11H12ClNS/c1-2-7-13-8-9-14-11-6-4-3-5-10(11)12/h1,3-6,13H,7-9H2. The van der Waals surface area contributed by atoms with Gasteiger partial charge in [-0.05, 0) is 12.1 Å². The van der Waals surface area contributed by atoms with Crippen molar-refractivity contribution in [2.75, 3.05) is 18.8 Å². The summed E-state index contributed by atoms with van der Waals surface area (Å²) in [7, 11) is 0. The average Bonchev–Trinajstić information content (AvgIpc) is 2.20. The highest BCUT2D eigenvalue weighted by Crippen LogP contribution is 2.25. The molecule has 0 radical (unpaired) electrons. The number of hydrogen-bond donors (Lipinski definition) is 1. The van der Waals surface area contributed by atoms with E-state index < -0.39 is 0 Å². The zero-order chi connectivity index (χ0) is 10.2.